The Bertz CT molecular complexity index is 800. The maximum atomic E-state index is 13.2. The van der Waals surface area contributed by atoms with Crippen LogP contribution in [0.4, 0.5) is 4.39 Å². The number of nitrogens with two attached hydrogens (primary N) is 1. The SMILES string of the molecule is C/C(=N\N=C(/C)C1CCC(N)CC1)SCCCN1CCC2(CC2c2ccc(F)cc2)C1. The fraction of sp³-hybridized carbons (Fsp3) is 0.680. The van der Waals surface area contributed by atoms with Crippen molar-refractivity contribution < 1.29 is 4.39 Å². The standard InChI is InChI=1S/C25H37FN4S/c1-18(20-6-10-23(27)11-7-20)28-29-19(2)31-15-3-13-30-14-12-25(17-30)16-24(25)21-4-8-22(26)9-5-21/h4-5,8-9,20,23-24H,3,6-7,10-17,27H2,1-2H3/b28-18+,29-19+. The third kappa shape index (κ3) is 5.96. The van der Waals surface area contributed by atoms with Crippen molar-refractivity contribution in [3.8, 4) is 0 Å². The van der Waals surface area contributed by atoms with Gasteiger partial charge in [-0.25, -0.2) is 4.39 Å². The van der Waals surface area contributed by atoms with Gasteiger partial charge in [-0.15, -0.1) is 16.9 Å². The summed E-state index contributed by atoms with van der Waals surface area (Å²) in [6.45, 7) is 7.73. The molecule has 1 aromatic carbocycles. The fourth-order valence-corrected chi connectivity index (χ4v) is 6.11. The second-order valence-electron chi connectivity index (χ2n) is 9.87. The quantitative estimate of drug-likeness (QED) is 0.264. The molecule has 1 saturated heterocycles. The minimum atomic E-state index is -0.137. The first-order valence-corrected chi connectivity index (χ1v) is 12.9. The number of thioether (sulfide) groups is 1. The molecule has 2 atom stereocenters. The van der Waals surface area contributed by atoms with Gasteiger partial charge in [0.05, 0.1) is 5.04 Å². The van der Waals surface area contributed by atoms with E-state index in [0.29, 0.717) is 23.3 Å². The molecule has 1 spiro atoms. The molecule has 1 aliphatic heterocycles. The molecule has 1 aromatic rings. The predicted octanol–water partition coefficient (Wildman–Crippen LogP) is 5.44. The molecule has 0 amide bonds. The van der Waals surface area contributed by atoms with Gasteiger partial charge in [0, 0.05) is 24.1 Å². The van der Waals surface area contributed by atoms with Gasteiger partial charge in [-0.2, -0.15) is 5.10 Å². The van der Waals surface area contributed by atoms with Crippen molar-refractivity contribution in [2.75, 3.05) is 25.4 Å². The van der Waals surface area contributed by atoms with E-state index in [1.165, 1.54) is 37.9 Å². The lowest BCUT2D eigenvalue weighted by molar-refractivity contribution is 0.319. The number of rotatable bonds is 7. The highest BCUT2D eigenvalue weighted by Crippen LogP contribution is 2.64. The van der Waals surface area contributed by atoms with Crippen LogP contribution in [-0.2, 0) is 0 Å². The molecule has 4 rings (SSSR count). The topological polar surface area (TPSA) is 54.0 Å². The number of likely N-dealkylation sites (tertiary alicyclic amines) is 1. The molecule has 3 fully saturated rings. The Balaban J connectivity index is 1.14. The fourth-order valence-electron chi connectivity index (χ4n) is 5.45. The summed E-state index contributed by atoms with van der Waals surface area (Å²) in [6.07, 6.45) is 8.24. The predicted molar refractivity (Wildman–Crippen MR) is 130 cm³/mol. The van der Waals surface area contributed by atoms with Gasteiger partial charge in [0.1, 0.15) is 5.82 Å². The van der Waals surface area contributed by atoms with E-state index in [1.54, 1.807) is 12.1 Å². The lowest BCUT2D eigenvalue weighted by Gasteiger charge is -2.25. The zero-order chi connectivity index (χ0) is 21.8. The first kappa shape index (κ1) is 22.9. The number of hydrogen-bond acceptors (Lipinski definition) is 5. The first-order valence-electron chi connectivity index (χ1n) is 11.9. The Morgan fingerprint density at radius 3 is 2.65 bits per heavy atom. The van der Waals surface area contributed by atoms with Gasteiger partial charge in [-0.3, -0.25) is 0 Å². The summed E-state index contributed by atoms with van der Waals surface area (Å²) in [5, 5.41) is 10.0. The van der Waals surface area contributed by atoms with E-state index in [0.717, 1.165) is 48.7 Å². The van der Waals surface area contributed by atoms with Gasteiger partial charge in [-0.05, 0) is 107 Å². The van der Waals surface area contributed by atoms with Crippen molar-refractivity contribution in [1.82, 2.24) is 4.90 Å². The van der Waals surface area contributed by atoms with Crippen LogP contribution < -0.4 is 5.73 Å². The molecule has 0 bridgehead atoms. The van der Waals surface area contributed by atoms with Crippen LogP contribution in [0.25, 0.3) is 0 Å². The molecule has 2 saturated carbocycles. The summed E-state index contributed by atoms with van der Waals surface area (Å²) >= 11 is 1.82. The molecule has 170 valence electrons. The van der Waals surface area contributed by atoms with Crippen LogP contribution in [0.1, 0.15) is 70.3 Å². The maximum Gasteiger partial charge on any atom is 0.123 e. The molecule has 1 heterocycles. The number of halogens is 1. The Labute approximate surface area is 190 Å². The third-order valence-corrected chi connectivity index (χ3v) is 8.56. The largest absolute Gasteiger partial charge is 0.328 e. The highest BCUT2D eigenvalue weighted by Gasteiger charge is 2.57. The summed E-state index contributed by atoms with van der Waals surface area (Å²) in [5.74, 6) is 2.14. The van der Waals surface area contributed by atoms with E-state index in [1.807, 2.05) is 23.9 Å². The normalized spacial score (nSPS) is 32.1. The van der Waals surface area contributed by atoms with E-state index in [9.17, 15) is 4.39 Å². The Kier molecular flexibility index (Phi) is 7.50. The number of nitrogens with zero attached hydrogens (tertiary/aromatic N) is 3. The van der Waals surface area contributed by atoms with E-state index in [-0.39, 0.29) is 5.82 Å². The lowest BCUT2D eigenvalue weighted by Crippen LogP contribution is -2.29. The molecule has 2 aliphatic carbocycles. The molecule has 2 unspecified atom stereocenters. The molecule has 31 heavy (non-hydrogen) atoms. The van der Waals surface area contributed by atoms with Crippen molar-refractivity contribution >= 4 is 22.5 Å². The van der Waals surface area contributed by atoms with E-state index >= 15 is 0 Å². The minimum absolute atomic E-state index is 0.137. The van der Waals surface area contributed by atoms with Crippen LogP contribution in [0.2, 0.25) is 0 Å². The Morgan fingerprint density at radius 1 is 1.16 bits per heavy atom. The summed E-state index contributed by atoms with van der Waals surface area (Å²) in [5.41, 5.74) is 8.94. The van der Waals surface area contributed by atoms with Gasteiger partial charge < -0.3 is 10.6 Å². The first-order chi connectivity index (χ1) is 14.9. The lowest BCUT2D eigenvalue weighted by atomic mass is 9.84. The summed E-state index contributed by atoms with van der Waals surface area (Å²) < 4.78 is 13.2. The van der Waals surface area contributed by atoms with Crippen molar-refractivity contribution in [2.24, 2.45) is 27.3 Å². The Hall–Kier alpha value is -1.24. The second kappa shape index (κ2) is 10.1. The molecule has 3 aliphatic rings. The van der Waals surface area contributed by atoms with Gasteiger partial charge in [-0.1, -0.05) is 12.1 Å². The highest BCUT2D eigenvalue weighted by molar-refractivity contribution is 8.13. The molecular formula is C25H37FN4S. The molecule has 4 nitrogen and oxygen atoms in total. The third-order valence-electron chi connectivity index (χ3n) is 7.57. The van der Waals surface area contributed by atoms with Crippen molar-refractivity contribution in [2.45, 2.75) is 70.8 Å². The van der Waals surface area contributed by atoms with Crippen molar-refractivity contribution in [1.29, 1.82) is 0 Å². The Morgan fingerprint density at radius 2 is 1.90 bits per heavy atom. The van der Waals surface area contributed by atoms with E-state index in [2.05, 4.69) is 29.0 Å². The van der Waals surface area contributed by atoms with E-state index < -0.39 is 0 Å². The smallest absolute Gasteiger partial charge is 0.123 e. The molecular weight excluding hydrogens is 407 g/mol. The number of benzene rings is 1. The summed E-state index contributed by atoms with van der Waals surface area (Å²) in [7, 11) is 0. The maximum absolute atomic E-state index is 13.2. The summed E-state index contributed by atoms with van der Waals surface area (Å²) in [6, 6.07) is 7.54. The van der Waals surface area contributed by atoms with Crippen LogP contribution in [0, 0.1) is 17.2 Å². The van der Waals surface area contributed by atoms with Gasteiger partial charge in [0.15, 0.2) is 0 Å². The molecule has 0 radical (unpaired) electrons. The van der Waals surface area contributed by atoms with Gasteiger partial charge in [0.25, 0.3) is 0 Å². The summed E-state index contributed by atoms with van der Waals surface area (Å²) in [4.78, 5) is 2.62. The zero-order valence-corrected chi connectivity index (χ0v) is 19.8. The number of hydrogen-bond donors (Lipinski definition) is 1. The average molecular weight is 445 g/mol. The van der Waals surface area contributed by atoms with Crippen LogP contribution in [0.5, 0.6) is 0 Å². The van der Waals surface area contributed by atoms with Gasteiger partial charge >= 0.3 is 0 Å². The average Bonchev–Trinajstić information content (AvgIpc) is 3.31. The van der Waals surface area contributed by atoms with Crippen LogP contribution >= 0.6 is 11.8 Å². The van der Waals surface area contributed by atoms with Crippen LogP contribution in [0.15, 0.2) is 34.5 Å². The van der Waals surface area contributed by atoms with Gasteiger partial charge in [0.2, 0.25) is 0 Å². The molecule has 6 heteroatoms. The molecule has 2 N–H and O–H groups in total. The van der Waals surface area contributed by atoms with Crippen molar-refractivity contribution in [3.05, 3.63) is 35.6 Å². The molecule has 0 aromatic heterocycles. The van der Waals surface area contributed by atoms with E-state index in [4.69, 9.17) is 5.73 Å². The zero-order valence-electron chi connectivity index (χ0n) is 19.0. The highest BCUT2D eigenvalue weighted by atomic mass is 32.2. The monoisotopic (exact) mass is 444 g/mol. The minimum Gasteiger partial charge on any atom is -0.328 e. The van der Waals surface area contributed by atoms with Crippen LogP contribution in [0.3, 0.4) is 0 Å². The second-order valence-corrected chi connectivity index (χ2v) is 11.2. The van der Waals surface area contributed by atoms with Crippen LogP contribution in [-0.4, -0.2) is 47.1 Å². The van der Waals surface area contributed by atoms with Crippen molar-refractivity contribution in [3.63, 3.8) is 0 Å².